The molecule has 4 nitrogen and oxygen atoms in total. The molecule has 4 N–H and O–H groups in total. The molecule has 9 atom stereocenters. The van der Waals surface area contributed by atoms with Crippen LogP contribution in [0, 0.1) is 52.3 Å². The van der Waals surface area contributed by atoms with Gasteiger partial charge in [-0.2, -0.15) is 0 Å². The maximum atomic E-state index is 12.7. The Balaban J connectivity index is 1.14. The number of anilines is 2. The van der Waals surface area contributed by atoms with Crippen LogP contribution in [-0.4, -0.2) is 5.97 Å². The molecule has 4 heteroatoms. The normalized spacial score (nSPS) is 38.6. The van der Waals surface area contributed by atoms with Crippen LogP contribution in [0.4, 0.5) is 11.4 Å². The van der Waals surface area contributed by atoms with Crippen molar-refractivity contribution in [2.45, 2.75) is 111 Å². The third-order valence-electron chi connectivity index (χ3n) is 12.3. The van der Waals surface area contributed by atoms with Gasteiger partial charge in [0, 0.05) is 5.69 Å². The predicted octanol–water partition coefficient (Wildman–Crippen LogP) is 8.25. The van der Waals surface area contributed by atoms with Crippen LogP contribution in [0.15, 0.2) is 18.2 Å². The minimum atomic E-state index is -0.192. The van der Waals surface area contributed by atoms with Gasteiger partial charge in [-0.3, -0.25) is 4.79 Å². The molecule has 0 saturated heterocycles. The summed E-state index contributed by atoms with van der Waals surface area (Å²) in [4.78, 5) is 12.7. The summed E-state index contributed by atoms with van der Waals surface area (Å²) in [6.07, 6.45) is 17.9. The highest BCUT2D eigenvalue weighted by Crippen LogP contribution is 2.68. The summed E-state index contributed by atoms with van der Waals surface area (Å²) in [5.41, 5.74) is 13.9. The van der Waals surface area contributed by atoms with Crippen molar-refractivity contribution < 1.29 is 9.53 Å². The van der Waals surface area contributed by atoms with E-state index in [1.165, 1.54) is 70.6 Å². The summed E-state index contributed by atoms with van der Waals surface area (Å²) < 4.78 is 5.58. The number of ether oxygens (including phenoxy) is 1. The number of nitrogen functional groups attached to an aromatic ring is 2. The SMILES string of the molecule is CC(CCC[C@@H](C)[C@H]1CC[C@H]2[C@@H]3CCC4CCCC[C@]4(C)[C@H]3CC[C@]12C)C(=O)Oc1ccc(N)cc1N. The molecule has 0 heterocycles. The molecular weight excluding hydrogens is 456 g/mol. The van der Waals surface area contributed by atoms with Crippen molar-refractivity contribution in [3.8, 4) is 5.75 Å². The lowest BCUT2D eigenvalue weighted by Gasteiger charge is -2.61. The molecule has 0 bridgehead atoms. The van der Waals surface area contributed by atoms with Crippen LogP contribution in [0.5, 0.6) is 5.75 Å². The zero-order valence-electron chi connectivity index (χ0n) is 23.9. The smallest absolute Gasteiger partial charge is 0.314 e. The Morgan fingerprint density at radius 3 is 2.51 bits per heavy atom. The molecule has 0 radical (unpaired) electrons. The van der Waals surface area contributed by atoms with Gasteiger partial charge in [-0.25, -0.2) is 0 Å². The van der Waals surface area contributed by atoms with Crippen molar-refractivity contribution in [2.24, 2.45) is 52.3 Å². The summed E-state index contributed by atoms with van der Waals surface area (Å²) in [5.74, 6) is 5.57. The number of esters is 1. The number of rotatable bonds is 7. The Bertz CT molecular complexity index is 977. The van der Waals surface area contributed by atoms with Gasteiger partial charge in [0.25, 0.3) is 0 Å². The molecule has 1 aromatic carbocycles. The summed E-state index contributed by atoms with van der Waals surface area (Å²) >= 11 is 0. The maximum absolute atomic E-state index is 12.7. The molecule has 4 saturated carbocycles. The first kappa shape index (κ1) is 26.9. The number of hydrogen-bond acceptors (Lipinski definition) is 4. The van der Waals surface area contributed by atoms with Crippen molar-refractivity contribution in [1.29, 1.82) is 0 Å². The van der Waals surface area contributed by atoms with E-state index in [0.29, 0.717) is 28.0 Å². The van der Waals surface area contributed by atoms with Gasteiger partial charge in [0.1, 0.15) is 0 Å². The van der Waals surface area contributed by atoms with Crippen molar-refractivity contribution in [2.75, 3.05) is 11.5 Å². The second kappa shape index (κ2) is 10.5. The van der Waals surface area contributed by atoms with Crippen LogP contribution < -0.4 is 16.2 Å². The summed E-state index contributed by atoms with van der Waals surface area (Å²) in [7, 11) is 0. The third kappa shape index (κ3) is 4.91. The van der Waals surface area contributed by atoms with E-state index in [1.54, 1.807) is 18.2 Å². The van der Waals surface area contributed by atoms with Gasteiger partial charge >= 0.3 is 5.97 Å². The molecule has 2 unspecified atom stereocenters. The van der Waals surface area contributed by atoms with E-state index < -0.39 is 0 Å². The van der Waals surface area contributed by atoms with Crippen molar-refractivity contribution in [3.63, 3.8) is 0 Å². The fourth-order valence-corrected chi connectivity index (χ4v) is 10.2. The van der Waals surface area contributed by atoms with E-state index in [-0.39, 0.29) is 11.9 Å². The topological polar surface area (TPSA) is 78.3 Å². The number of fused-ring (bicyclic) bond motifs is 5. The van der Waals surface area contributed by atoms with E-state index in [4.69, 9.17) is 16.2 Å². The Morgan fingerprint density at radius 2 is 1.73 bits per heavy atom. The summed E-state index contributed by atoms with van der Waals surface area (Å²) in [6.45, 7) is 9.85. The van der Waals surface area contributed by atoms with Gasteiger partial charge in [0.2, 0.25) is 0 Å². The molecular formula is C33H52N2O2. The number of benzene rings is 1. The highest BCUT2D eigenvalue weighted by Gasteiger charge is 2.60. The summed E-state index contributed by atoms with van der Waals surface area (Å²) in [5, 5.41) is 0. The molecule has 4 aliphatic carbocycles. The van der Waals surface area contributed by atoms with E-state index in [1.807, 2.05) is 6.92 Å². The summed E-state index contributed by atoms with van der Waals surface area (Å²) in [6, 6.07) is 5.04. The van der Waals surface area contributed by atoms with Gasteiger partial charge in [-0.1, -0.05) is 53.4 Å². The van der Waals surface area contributed by atoms with E-state index >= 15 is 0 Å². The first-order chi connectivity index (χ1) is 17.6. The molecule has 1 aromatic rings. The van der Waals surface area contributed by atoms with Gasteiger partial charge in [0.05, 0.1) is 11.6 Å². The fraction of sp³-hybridized carbons (Fsp3) is 0.788. The van der Waals surface area contributed by atoms with E-state index in [9.17, 15) is 4.79 Å². The van der Waals surface area contributed by atoms with Crippen LogP contribution in [0.25, 0.3) is 0 Å². The standard InChI is InChI=1S/C33H52N2O2/c1-21(8-7-9-22(2)31(36)37-30-16-12-24(34)20-29(30)35)26-14-15-27-25-13-11-23-10-5-6-18-32(23,3)28(25)17-19-33(26,27)4/h12,16,20-23,25-28H,5-11,13-15,17-19,34-35H2,1-4H3/t21-,22?,23?,25+,26-,27+,28+,32+,33-/m1/s1. The molecule has 5 rings (SSSR count). The number of nitrogens with two attached hydrogens (primary N) is 2. The van der Waals surface area contributed by atoms with Crippen molar-refractivity contribution >= 4 is 17.3 Å². The van der Waals surface area contributed by atoms with Crippen LogP contribution in [0.2, 0.25) is 0 Å². The van der Waals surface area contributed by atoms with Gasteiger partial charge in [-0.05, 0) is 122 Å². The fourth-order valence-electron chi connectivity index (χ4n) is 10.2. The molecule has 4 fully saturated rings. The largest absolute Gasteiger partial charge is 0.424 e. The average molecular weight is 509 g/mol. The Labute approximate surface area is 225 Å². The van der Waals surface area contributed by atoms with E-state index in [0.717, 1.165) is 48.3 Å². The Hall–Kier alpha value is -1.71. The van der Waals surface area contributed by atoms with Crippen molar-refractivity contribution in [3.05, 3.63) is 18.2 Å². The molecule has 4 aliphatic rings. The van der Waals surface area contributed by atoms with Crippen LogP contribution in [0.1, 0.15) is 111 Å². The molecule has 0 aliphatic heterocycles. The second-order valence-electron chi connectivity index (χ2n) is 14.2. The quantitative estimate of drug-likeness (QED) is 0.221. The van der Waals surface area contributed by atoms with Crippen LogP contribution in [0.3, 0.4) is 0 Å². The van der Waals surface area contributed by atoms with Crippen molar-refractivity contribution in [1.82, 2.24) is 0 Å². The zero-order valence-corrected chi connectivity index (χ0v) is 23.9. The first-order valence-electron chi connectivity index (χ1n) is 15.5. The highest BCUT2D eigenvalue weighted by atomic mass is 16.5. The van der Waals surface area contributed by atoms with Gasteiger partial charge in [-0.15, -0.1) is 0 Å². The molecule has 0 aromatic heterocycles. The lowest BCUT2D eigenvalue weighted by atomic mass is 9.44. The minimum absolute atomic E-state index is 0.127. The highest BCUT2D eigenvalue weighted by molar-refractivity contribution is 5.77. The monoisotopic (exact) mass is 508 g/mol. The molecule has 206 valence electrons. The van der Waals surface area contributed by atoms with Crippen LogP contribution >= 0.6 is 0 Å². The third-order valence-corrected chi connectivity index (χ3v) is 12.3. The molecule has 37 heavy (non-hydrogen) atoms. The Kier molecular flexibility index (Phi) is 7.59. The van der Waals surface area contributed by atoms with Crippen LogP contribution in [-0.2, 0) is 4.79 Å². The van der Waals surface area contributed by atoms with E-state index in [2.05, 4.69) is 20.8 Å². The maximum Gasteiger partial charge on any atom is 0.314 e. The molecule has 0 spiro atoms. The number of hydrogen-bond donors (Lipinski definition) is 2. The predicted molar refractivity (Wildman–Crippen MR) is 153 cm³/mol. The lowest BCUT2D eigenvalue weighted by molar-refractivity contribution is -0.138. The number of carbonyl (C=O) groups is 1. The average Bonchev–Trinajstić information content (AvgIpc) is 3.22. The first-order valence-corrected chi connectivity index (χ1v) is 15.5. The lowest BCUT2D eigenvalue weighted by Crippen LogP contribution is -2.53. The number of carbonyl (C=O) groups excluding carboxylic acids is 1. The van der Waals surface area contributed by atoms with Gasteiger partial charge < -0.3 is 16.2 Å². The Morgan fingerprint density at radius 1 is 0.946 bits per heavy atom. The molecule has 0 amide bonds. The minimum Gasteiger partial charge on any atom is -0.424 e. The second-order valence-corrected chi connectivity index (χ2v) is 14.2. The zero-order chi connectivity index (χ0) is 26.4. The van der Waals surface area contributed by atoms with Gasteiger partial charge in [0.15, 0.2) is 5.75 Å².